The van der Waals surface area contributed by atoms with E-state index < -0.39 is 0 Å². The zero-order valence-electron chi connectivity index (χ0n) is 9.83. The molecule has 2 N–H and O–H groups in total. The first-order chi connectivity index (χ1) is 8.17. The van der Waals surface area contributed by atoms with Crippen molar-refractivity contribution in [1.82, 2.24) is 4.90 Å². The van der Waals surface area contributed by atoms with E-state index in [2.05, 4.69) is 4.90 Å². The summed E-state index contributed by atoms with van der Waals surface area (Å²) in [5, 5.41) is 1.42. The van der Waals surface area contributed by atoms with E-state index in [9.17, 15) is 0 Å². The molecule has 1 fully saturated rings. The molecule has 0 spiro atoms. The number of hydrogen-bond donors (Lipinski definition) is 1. The second-order valence-corrected chi connectivity index (χ2v) is 5.61. The van der Waals surface area contributed by atoms with Crippen LogP contribution in [0.3, 0.4) is 0 Å². The van der Waals surface area contributed by atoms with Gasteiger partial charge in [0.25, 0.3) is 0 Å². The summed E-state index contributed by atoms with van der Waals surface area (Å²) in [6, 6.07) is 5.75. The molecule has 2 rings (SSSR count). The minimum atomic E-state index is 0.703. The van der Waals surface area contributed by atoms with Crippen molar-refractivity contribution >= 4 is 23.2 Å². The summed E-state index contributed by atoms with van der Waals surface area (Å²) in [4.78, 5) is 2.44. The first-order valence-electron chi connectivity index (χ1n) is 6.05. The van der Waals surface area contributed by atoms with Gasteiger partial charge in [-0.2, -0.15) is 0 Å². The summed E-state index contributed by atoms with van der Waals surface area (Å²) in [6.45, 7) is 3.98. The lowest BCUT2D eigenvalue weighted by Gasteiger charge is -2.31. The predicted octanol–water partition coefficient (Wildman–Crippen LogP) is 3.16. The van der Waals surface area contributed by atoms with E-state index in [-0.39, 0.29) is 0 Å². The number of nitrogens with zero attached hydrogens (tertiary/aromatic N) is 1. The highest BCUT2D eigenvalue weighted by Gasteiger charge is 2.18. The van der Waals surface area contributed by atoms with Gasteiger partial charge in [0.05, 0.1) is 0 Å². The molecule has 17 heavy (non-hydrogen) atoms. The van der Waals surface area contributed by atoms with E-state index in [1.807, 2.05) is 12.1 Å². The quantitative estimate of drug-likeness (QED) is 0.916. The maximum Gasteiger partial charge on any atom is 0.0424 e. The summed E-state index contributed by atoms with van der Waals surface area (Å²) in [5.41, 5.74) is 6.88. The van der Waals surface area contributed by atoms with Gasteiger partial charge in [0.1, 0.15) is 0 Å². The van der Waals surface area contributed by atoms with Gasteiger partial charge in [-0.15, -0.1) is 0 Å². The molecule has 1 heterocycles. The van der Waals surface area contributed by atoms with Crippen LogP contribution in [0.2, 0.25) is 10.0 Å². The van der Waals surface area contributed by atoms with Gasteiger partial charge in [0, 0.05) is 16.6 Å². The Morgan fingerprint density at radius 1 is 1.12 bits per heavy atom. The Labute approximate surface area is 113 Å². The SMILES string of the molecule is NCC1CCN(Cc2cc(Cl)cc(Cl)c2)CC1. The standard InChI is InChI=1S/C13H18Cl2N2/c14-12-5-11(6-13(15)7-12)9-17-3-1-10(8-16)2-4-17/h5-7,10H,1-4,8-9,16H2. The molecule has 1 aromatic carbocycles. The lowest BCUT2D eigenvalue weighted by Crippen LogP contribution is -2.35. The third-order valence-electron chi connectivity index (χ3n) is 3.37. The van der Waals surface area contributed by atoms with Crippen LogP contribution in [-0.2, 0) is 6.54 Å². The summed E-state index contributed by atoms with van der Waals surface area (Å²) >= 11 is 12.0. The molecule has 94 valence electrons. The number of halogens is 2. The van der Waals surface area contributed by atoms with Crippen LogP contribution in [0.25, 0.3) is 0 Å². The minimum absolute atomic E-state index is 0.703. The molecule has 0 bridgehead atoms. The molecule has 1 saturated heterocycles. The van der Waals surface area contributed by atoms with E-state index in [0.29, 0.717) is 16.0 Å². The molecule has 0 saturated carbocycles. The fraction of sp³-hybridized carbons (Fsp3) is 0.538. The third kappa shape index (κ3) is 3.85. The highest BCUT2D eigenvalue weighted by atomic mass is 35.5. The Morgan fingerprint density at radius 3 is 2.24 bits per heavy atom. The molecule has 0 aliphatic carbocycles. The van der Waals surface area contributed by atoms with Crippen LogP contribution in [0.5, 0.6) is 0 Å². The van der Waals surface area contributed by atoms with E-state index in [4.69, 9.17) is 28.9 Å². The second-order valence-electron chi connectivity index (χ2n) is 4.73. The van der Waals surface area contributed by atoms with Gasteiger partial charge in [-0.25, -0.2) is 0 Å². The molecule has 0 atom stereocenters. The van der Waals surface area contributed by atoms with Gasteiger partial charge in [0.2, 0.25) is 0 Å². The Bertz CT molecular complexity index is 353. The Kier molecular flexibility index (Phi) is 4.69. The fourth-order valence-electron chi connectivity index (χ4n) is 2.34. The molecule has 1 aliphatic heterocycles. The molecule has 4 heteroatoms. The van der Waals surface area contributed by atoms with Gasteiger partial charge < -0.3 is 5.73 Å². The van der Waals surface area contributed by atoms with Crippen LogP contribution in [0.1, 0.15) is 18.4 Å². The highest BCUT2D eigenvalue weighted by Crippen LogP contribution is 2.22. The van der Waals surface area contributed by atoms with Crippen LogP contribution in [0, 0.1) is 5.92 Å². The van der Waals surface area contributed by atoms with E-state index >= 15 is 0 Å². The molecule has 2 nitrogen and oxygen atoms in total. The van der Waals surface area contributed by atoms with Crippen molar-refractivity contribution in [2.24, 2.45) is 11.7 Å². The van der Waals surface area contributed by atoms with E-state index in [0.717, 1.165) is 26.2 Å². The minimum Gasteiger partial charge on any atom is -0.330 e. The Morgan fingerprint density at radius 2 is 1.71 bits per heavy atom. The normalized spacial score (nSPS) is 18.5. The molecular weight excluding hydrogens is 255 g/mol. The number of piperidine rings is 1. The zero-order valence-corrected chi connectivity index (χ0v) is 11.3. The van der Waals surface area contributed by atoms with E-state index in [1.54, 1.807) is 6.07 Å². The smallest absolute Gasteiger partial charge is 0.0424 e. The number of nitrogens with two attached hydrogens (primary N) is 1. The first-order valence-corrected chi connectivity index (χ1v) is 6.80. The summed E-state index contributed by atoms with van der Waals surface area (Å²) in [5.74, 6) is 0.703. The first kappa shape index (κ1) is 13.2. The molecule has 0 aromatic heterocycles. The van der Waals surface area contributed by atoms with Crippen molar-refractivity contribution in [3.8, 4) is 0 Å². The molecule has 0 radical (unpaired) electrons. The van der Waals surface area contributed by atoms with Crippen LogP contribution in [0.15, 0.2) is 18.2 Å². The van der Waals surface area contributed by atoms with Gasteiger partial charge in [-0.3, -0.25) is 4.90 Å². The molecule has 1 aromatic rings. The van der Waals surface area contributed by atoms with Crippen LogP contribution >= 0.6 is 23.2 Å². The molecule has 0 amide bonds. The topological polar surface area (TPSA) is 29.3 Å². The van der Waals surface area contributed by atoms with Gasteiger partial charge in [0.15, 0.2) is 0 Å². The average Bonchev–Trinajstić information content (AvgIpc) is 2.28. The number of likely N-dealkylation sites (tertiary alicyclic amines) is 1. The van der Waals surface area contributed by atoms with Gasteiger partial charge >= 0.3 is 0 Å². The molecular formula is C13H18Cl2N2. The van der Waals surface area contributed by atoms with Crippen LogP contribution in [0.4, 0.5) is 0 Å². The number of benzene rings is 1. The third-order valence-corrected chi connectivity index (χ3v) is 3.81. The van der Waals surface area contributed by atoms with Crippen molar-refractivity contribution in [2.45, 2.75) is 19.4 Å². The van der Waals surface area contributed by atoms with Crippen molar-refractivity contribution in [1.29, 1.82) is 0 Å². The van der Waals surface area contributed by atoms with Gasteiger partial charge in [-0.05, 0) is 62.2 Å². The van der Waals surface area contributed by atoms with Crippen LogP contribution in [-0.4, -0.2) is 24.5 Å². The zero-order chi connectivity index (χ0) is 12.3. The summed E-state index contributed by atoms with van der Waals surface area (Å²) in [7, 11) is 0. The number of hydrogen-bond acceptors (Lipinski definition) is 2. The second kappa shape index (κ2) is 6.05. The Hall–Kier alpha value is -0.280. The van der Waals surface area contributed by atoms with Crippen molar-refractivity contribution in [3.05, 3.63) is 33.8 Å². The maximum atomic E-state index is 5.99. The monoisotopic (exact) mass is 272 g/mol. The largest absolute Gasteiger partial charge is 0.330 e. The van der Waals surface area contributed by atoms with Crippen LogP contribution < -0.4 is 5.73 Å². The maximum absolute atomic E-state index is 5.99. The molecule has 1 aliphatic rings. The lowest BCUT2D eigenvalue weighted by atomic mass is 9.97. The van der Waals surface area contributed by atoms with Crippen molar-refractivity contribution in [3.63, 3.8) is 0 Å². The lowest BCUT2D eigenvalue weighted by molar-refractivity contribution is 0.180. The van der Waals surface area contributed by atoms with Crippen molar-refractivity contribution in [2.75, 3.05) is 19.6 Å². The van der Waals surface area contributed by atoms with Gasteiger partial charge in [-0.1, -0.05) is 23.2 Å². The van der Waals surface area contributed by atoms with E-state index in [1.165, 1.54) is 18.4 Å². The fourth-order valence-corrected chi connectivity index (χ4v) is 2.91. The summed E-state index contributed by atoms with van der Waals surface area (Å²) in [6.07, 6.45) is 2.40. The Balaban J connectivity index is 1.93. The summed E-state index contributed by atoms with van der Waals surface area (Å²) < 4.78 is 0. The molecule has 0 unspecified atom stereocenters. The number of rotatable bonds is 3. The average molecular weight is 273 g/mol. The highest BCUT2D eigenvalue weighted by molar-refractivity contribution is 6.34. The predicted molar refractivity (Wildman–Crippen MR) is 73.5 cm³/mol. The van der Waals surface area contributed by atoms with Crippen molar-refractivity contribution < 1.29 is 0 Å².